The molecule has 1 atom stereocenters. The molecule has 25 heavy (non-hydrogen) atoms. The molecule has 2 aromatic carbocycles. The van der Waals surface area contributed by atoms with Crippen LogP contribution in [0, 0.1) is 0 Å². The van der Waals surface area contributed by atoms with E-state index in [1.54, 1.807) is 0 Å². The summed E-state index contributed by atoms with van der Waals surface area (Å²) < 4.78 is 11.7. The van der Waals surface area contributed by atoms with Crippen molar-refractivity contribution >= 4 is 11.7 Å². The van der Waals surface area contributed by atoms with Gasteiger partial charge in [0.25, 0.3) is 0 Å². The summed E-state index contributed by atoms with van der Waals surface area (Å²) in [7, 11) is 0. The van der Waals surface area contributed by atoms with E-state index in [0.29, 0.717) is 12.3 Å². The highest BCUT2D eigenvalue weighted by Gasteiger charge is 2.25. The monoisotopic (exact) mass is 338 g/mol. The zero-order valence-electron chi connectivity index (χ0n) is 14.0. The Bertz CT molecular complexity index is 756. The van der Waals surface area contributed by atoms with Crippen LogP contribution in [0.1, 0.15) is 37.3 Å². The lowest BCUT2D eigenvalue weighted by atomic mass is 10.1. The molecule has 1 aliphatic carbocycles. The van der Waals surface area contributed by atoms with E-state index in [2.05, 4.69) is 10.6 Å². The fraction of sp³-hybridized carbons (Fsp3) is 0.350. The van der Waals surface area contributed by atoms with E-state index < -0.39 is 0 Å². The molecule has 1 saturated carbocycles. The number of amides is 2. The molecule has 130 valence electrons. The summed E-state index contributed by atoms with van der Waals surface area (Å²) in [5, 5.41) is 5.89. The largest absolute Gasteiger partial charge is 0.491 e. The Balaban J connectivity index is 1.41. The van der Waals surface area contributed by atoms with Gasteiger partial charge in [0.2, 0.25) is 0 Å². The van der Waals surface area contributed by atoms with Crippen LogP contribution in [0.3, 0.4) is 0 Å². The molecule has 2 amide bonds. The molecule has 0 bridgehead atoms. The first kappa shape index (κ1) is 15.8. The smallest absolute Gasteiger partial charge is 0.319 e. The molecule has 5 nitrogen and oxygen atoms in total. The molecular formula is C20H22N2O3. The van der Waals surface area contributed by atoms with Crippen LogP contribution >= 0.6 is 0 Å². The molecule has 1 fully saturated rings. The number of benzene rings is 2. The lowest BCUT2D eigenvalue weighted by Crippen LogP contribution is -2.33. The topological polar surface area (TPSA) is 59.6 Å². The molecule has 1 aliphatic heterocycles. The van der Waals surface area contributed by atoms with Gasteiger partial charge in [-0.2, -0.15) is 0 Å². The maximum absolute atomic E-state index is 12.4. The molecule has 0 aromatic heterocycles. The molecule has 5 heteroatoms. The van der Waals surface area contributed by atoms with Crippen molar-refractivity contribution in [2.45, 2.75) is 37.8 Å². The molecule has 1 heterocycles. The number of urea groups is 1. The van der Waals surface area contributed by atoms with Crippen molar-refractivity contribution in [2.24, 2.45) is 0 Å². The van der Waals surface area contributed by atoms with Crippen molar-refractivity contribution in [1.29, 1.82) is 0 Å². The summed E-state index contributed by atoms with van der Waals surface area (Å²) in [6, 6.07) is 15.0. The average molecular weight is 338 g/mol. The number of carbonyl (C=O) groups is 1. The summed E-state index contributed by atoms with van der Waals surface area (Å²) in [6.07, 6.45) is 4.83. The maximum Gasteiger partial charge on any atom is 0.319 e. The number of carbonyl (C=O) groups excluding carboxylic acids is 1. The Morgan fingerprint density at radius 3 is 2.68 bits per heavy atom. The van der Waals surface area contributed by atoms with Gasteiger partial charge in [0.05, 0.1) is 17.8 Å². The van der Waals surface area contributed by atoms with Crippen LogP contribution in [0.5, 0.6) is 11.5 Å². The molecule has 2 aromatic rings. The van der Waals surface area contributed by atoms with Gasteiger partial charge >= 0.3 is 6.03 Å². The van der Waals surface area contributed by atoms with E-state index in [4.69, 9.17) is 9.47 Å². The highest BCUT2D eigenvalue weighted by atomic mass is 16.5. The van der Waals surface area contributed by atoms with E-state index in [0.717, 1.165) is 29.9 Å². The summed E-state index contributed by atoms with van der Waals surface area (Å²) in [4.78, 5) is 12.4. The molecule has 0 radical (unpaired) electrons. The zero-order valence-corrected chi connectivity index (χ0v) is 14.0. The fourth-order valence-corrected chi connectivity index (χ4v) is 3.46. The number of ether oxygens (including phenoxy) is 2. The number of anilines is 1. The normalized spacial score (nSPS) is 19.1. The molecular weight excluding hydrogens is 316 g/mol. The predicted molar refractivity (Wildman–Crippen MR) is 96.2 cm³/mol. The quantitative estimate of drug-likeness (QED) is 0.875. The van der Waals surface area contributed by atoms with Crippen molar-refractivity contribution in [3.05, 3.63) is 54.1 Å². The van der Waals surface area contributed by atoms with Crippen LogP contribution in [0.4, 0.5) is 10.5 Å². The van der Waals surface area contributed by atoms with Crippen molar-refractivity contribution in [1.82, 2.24) is 5.32 Å². The van der Waals surface area contributed by atoms with E-state index in [-0.39, 0.29) is 18.2 Å². The van der Waals surface area contributed by atoms with Crippen molar-refractivity contribution in [3.63, 3.8) is 0 Å². The minimum absolute atomic E-state index is 0.140. The average Bonchev–Trinajstić information content (AvgIpc) is 3.27. The van der Waals surface area contributed by atoms with Crippen molar-refractivity contribution in [2.75, 3.05) is 11.9 Å². The summed E-state index contributed by atoms with van der Waals surface area (Å²) in [6.45, 7) is 0.451. The molecule has 1 unspecified atom stereocenters. The van der Waals surface area contributed by atoms with Crippen LogP contribution in [0.2, 0.25) is 0 Å². The van der Waals surface area contributed by atoms with Gasteiger partial charge in [-0.1, -0.05) is 30.3 Å². The van der Waals surface area contributed by atoms with E-state index in [1.165, 1.54) is 12.8 Å². The summed E-state index contributed by atoms with van der Waals surface area (Å²) in [5.41, 5.74) is 1.70. The SMILES string of the molecule is O=C(Nc1ccccc1OC1CCCC1)NC1COc2ccccc21. The van der Waals surface area contributed by atoms with E-state index >= 15 is 0 Å². The number of para-hydroxylation sites is 3. The second kappa shape index (κ2) is 7.05. The number of nitrogens with one attached hydrogen (secondary N) is 2. The van der Waals surface area contributed by atoms with Crippen molar-refractivity contribution in [3.8, 4) is 11.5 Å². The Kier molecular flexibility index (Phi) is 4.46. The molecule has 2 aliphatic rings. The van der Waals surface area contributed by atoms with Gasteiger partial charge in [0.15, 0.2) is 0 Å². The first-order chi connectivity index (χ1) is 12.3. The number of fused-ring (bicyclic) bond motifs is 1. The van der Waals surface area contributed by atoms with Crippen LogP contribution < -0.4 is 20.1 Å². The van der Waals surface area contributed by atoms with Crippen LogP contribution in [-0.2, 0) is 0 Å². The minimum atomic E-state index is -0.257. The third-order valence-corrected chi connectivity index (χ3v) is 4.74. The van der Waals surface area contributed by atoms with E-state index in [9.17, 15) is 4.79 Å². The maximum atomic E-state index is 12.4. The van der Waals surface area contributed by atoms with Gasteiger partial charge in [0, 0.05) is 5.56 Å². The third kappa shape index (κ3) is 3.55. The van der Waals surface area contributed by atoms with Gasteiger partial charge in [0.1, 0.15) is 18.1 Å². The standard InChI is InChI=1S/C20H22N2O3/c23-20(22-17-13-24-18-11-5-3-9-15(17)18)21-16-10-4-6-12-19(16)25-14-7-1-2-8-14/h3-6,9-12,14,17H,1-2,7-8,13H2,(H2,21,22,23). The van der Waals surface area contributed by atoms with Gasteiger partial charge in [-0.05, 0) is 43.9 Å². The molecule has 0 spiro atoms. The second-order valence-corrected chi connectivity index (χ2v) is 6.52. The lowest BCUT2D eigenvalue weighted by molar-refractivity contribution is 0.210. The molecule has 2 N–H and O–H groups in total. The summed E-state index contributed by atoms with van der Waals surface area (Å²) in [5.74, 6) is 1.56. The van der Waals surface area contributed by atoms with Crippen LogP contribution in [0.25, 0.3) is 0 Å². The summed E-state index contributed by atoms with van der Waals surface area (Å²) >= 11 is 0. The minimum Gasteiger partial charge on any atom is -0.491 e. The molecule has 0 saturated heterocycles. The van der Waals surface area contributed by atoms with Gasteiger partial charge in [-0.15, -0.1) is 0 Å². The van der Waals surface area contributed by atoms with Gasteiger partial charge in [-0.25, -0.2) is 4.79 Å². The molecule has 4 rings (SSSR count). The lowest BCUT2D eigenvalue weighted by Gasteiger charge is -2.18. The van der Waals surface area contributed by atoms with Crippen molar-refractivity contribution < 1.29 is 14.3 Å². The fourth-order valence-electron chi connectivity index (χ4n) is 3.46. The van der Waals surface area contributed by atoms with Gasteiger partial charge in [-0.3, -0.25) is 0 Å². The van der Waals surface area contributed by atoms with E-state index in [1.807, 2.05) is 48.5 Å². The Hall–Kier alpha value is -2.69. The predicted octanol–water partition coefficient (Wildman–Crippen LogP) is 4.26. The highest BCUT2D eigenvalue weighted by Crippen LogP contribution is 2.32. The first-order valence-corrected chi connectivity index (χ1v) is 8.84. The Labute approximate surface area is 147 Å². The number of hydrogen-bond acceptors (Lipinski definition) is 3. The second-order valence-electron chi connectivity index (χ2n) is 6.52. The third-order valence-electron chi connectivity index (χ3n) is 4.74. The number of rotatable bonds is 4. The number of hydrogen-bond donors (Lipinski definition) is 2. The Morgan fingerprint density at radius 1 is 1.04 bits per heavy atom. The van der Waals surface area contributed by atoms with Gasteiger partial charge < -0.3 is 20.1 Å². The zero-order chi connectivity index (χ0) is 17.1. The van der Waals surface area contributed by atoms with Crippen LogP contribution in [-0.4, -0.2) is 18.7 Å². The highest BCUT2D eigenvalue weighted by molar-refractivity contribution is 5.91. The first-order valence-electron chi connectivity index (χ1n) is 8.84. The Morgan fingerprint density at radius 2 is 1.80 bits per heavy atom. The van der Waals surface area contributed by atoms with Crippen LogP contribution in [0.15, 0.2) is 48.5 Å².